The number of hydrogen-bond donors (Lipinski definition) is 0. The van der Waals surface area contributed by atoms with Gasteiger partial charge in [-0.2, -0.15) is 5.26 Å². The highest BCUT2D eigenvalue weighted by Gasteiger charge is 2.14. The van der Waals surface area contributed by atoms with E-state index in [4.69, 9.17) is 5.26 Å². The number of rotatable bonds is 2. The van der Waals surface area contributed by atoms with Gasteiger partial charge in [-0.25, -0.2) is 0 Å². The molecule has 0 amide bonds. The molecular weight excluding hydrogens is 222 g/mol. The van der Waals surface area contributed by atoms with Crippen molar-refractivity contribution in [3.8, 4) is 6.07 Å². The smallest absolute Gasteiger partial charge is 0.0967 e. The average Bonchev–Trinajstić information content (AvgIpc) is 2.81. The highest BCUT2D eigenvalue weighted by molar-refractivity contribution is 8.25. The SMILES string of the molecule is N#CC(Cc1ccccc1)=C1SCCS1. The summed E-state index contributed by atoms with van der Waals surface area (Å²) < 4.78 is 1.22. The number of hydrogen-bond acceptors (Lipinski definition) is 3. The maximum absolute atomic E-state index is 9.11. The first-order chi connectivity index (χ1) is 7.40. The molecule has 0 aromatic heterocycles. The van der Waals surface area contributed by atoms with E-state index in [-0.39, 0.29) is 0 Å². The number of benzene rings is 1. The molecule has 0 radical (unpaired) electrons. The van der Waals surface area contributed by atoms with E-state index in [1.807, 2.05) is 41.7 Å². The van der Waals surface area contributed by atoms with Gasteiger partial charge >= 0.3 is 0 Å². The van der Waals surface area contributed by atoms with E-state index >= 15 is 0 Å². The molecule has 76 valence electrons. The first-order valence-electron chi connectivity index (χ1n) is 4.83. The molecule has 0 spiro atoms. The minimum atomic E-state index is 0.771. The van der Waals surface area contributed by atoms with Gasteiger partial charge in [0, 0.05) is 17.9 Å². The van der Waals surface area contributed by atoms with Crippen molar-refractivity contribution >= 4 is 23.5 Å². The molecule has 15 heavy (non-hydrogen) atoms. The van der Waals surface area contributed by atoms with Gasteiger partial charge < -0.3 is 0 Å². The summed E-state index contributed by atoms with van der Waals surface area (Å²) >= 11 is 3.63. The lowest BCUT2D eigenvalue weighted by atomic mass is 10.1. The molecule has 0 atom stereocenters. The lowest BCUT2D eigenvalue weighted by Crippen LogP contribution is -1.89. The standard InChI is InChI=1S/C12H11NS2/c13-9-11(12-14-6-7-15-12)8-10-4-2-1-3-5-10/h1-5H,6-8H2. The molecule has 1 aromatic carbocycles. The van der Waals surface area contributed by atoms with Gasteiger partial charge in [0.25, 0.3) is 0 Å². The molecule has 1 fully saturated rings. The van der Waals surface area contributed by atoms with Crippen molar-refractivity contribution in [1.82, 2.24) is 0 Å². The molecule has 1 heterocycles. The van der Waals surface area contributed by atoms with Gasteiger partial charge in [0.1, 0.15) is 0 Å². The van der Waals surface area contributed by atoms with Crippen molar-refractivity contribution in [3.63, 3.8) is 0 Å². The summed E-state index contributed by atoms with van der Waals surface area (Å²) in [4.78, 5) is 0. The molecule has 0 aliphatic carbocycles. The van der Waals surface area contributed by atoms with Crippen LogP contribution in [0.5, 0.6) is 0 Å². The van der Waals surface area contributed by atoms with E-state index in [1.54, 1.807) is 0 Å². The van der Waals surface area contributed by atoms with Crippen molar-refractivity contribution in [3.05, 3.63) is 45.7 Å². The predicted octanol–water partition coefficient (Wildman–Crippen LogP) is 3.44. The van der Waals surface area contributed by atoms with Gasteiger partial charge in [-0.1, -0.05) is 30.3 Å². The predicted molar refractivity (Wildman–Crippen MR) is 67.7 cm³/mol. The Hall–Kier alpha value is -0.850. The molecule has 1 aromatic rings. The second kappa shape index (κ2) is 5.29. The van der Waals surface area contributed by atoms with E-state index in [0.29, 0.717) is 0 Å². The van der Waals surface area contributed by atoms with Gasteiger partial charge in [-0.05, 0) is 5.56 Å². The van der Waals surface area contributed by atoms with E-state index < -0.39 is 0 Å². The van der Waals surface area contributed by atoms with E-state index in [1.165, 1.54) is 9.80 Å². The number of allylic oxidation sites excluding steroid dienone is 1. The molecule has 1 aliphatic heterocycles. The van der Waals surface area contributed by atoms with Crippen LogP contribution in [0.15, 0.2) is 40.1 Å². The Morgan fingerprint density at radius 1 is 1.20 bits per heavy atom. The third-order valence-electron chi connectivity index (χ3n) is 2.15. The third-order valence-corrected chi connectivity index (χ3v) is 4.95. The van der Waals surface area contributed by atoms with Crippen LogP contribution in [0.3, 0.4) is 0 Å². The number of nitrogens with zero attached hydrogens (tertiary/aromatic N) is 1. The summed E-state index contributed by atoms with van der Waals surface area (Å²) in [5.74, 6) is 2.28. The van der Waals surface area contributed by atoms with E-state index in [2.05, 4.69) is 18.2 Å². The topological polar surface area (TPSA) is 23.8 Å². The van der Waals surface area contributed by atoms with Crippen LogP contribution in [0.4, 0.5) is 0 Å². The highest BCUT2D eigenvalue weighted by atomic mass is 32.2. The lowest BCUT2D eigenvalue weighted by molar-refractivity contribution is 1.20. The summed E-state index contributed by atoms with van der Waals surface area (Å²) in [6.07, 6.45) is 0.771. The van der Waals surface area contributed by atoms with Crippen molar-refractivity contribution < 1.29 is 0 Å². The minimum absolute atomic E-state index is 0.771. The fourth-order valence-electron chi connectivity index (χ4n) is 1.44. The molecule has 1 nitrogen and oxygen atoms in total. The molecule has 0 saturated carbocycles. The second-order valence-corrected chi connectivity index (χ2v) is 5.71. The maximum atomic E-state index is 9.11. The van der Waals surface area contributed by atoms with Crippen molar-refractivity contribution in [2.45, 2.75) is 6.42 Å². The fourth-order valence-corrected chi connectivity index (χ4v) is 3.90. The third kappa shape index (κ3) is 2.80. The summed E-state index contributed by atoms with van der Waals surface area (Å²) in [6.45, 7) is 0. The summed E-state index contributed by atoms with van der Waals surface area (Å²) in [7, 11) is 0. The normalized spacial score (nSPS) is 15.0. The molecule has 2 rings (SSSR count). The number of nitriles is 1. The molecule has 1 aliphatic rings. The van der Waals surface area contributed by atoms with Gasteiger partial charge in [0.05, 0.1) is 15.9 Å². The van der Waals surface area contributed by atoms with Gasteiger partial charge in [-0.15, -0.1) is 23.5 Å². The second-order valence-electron chi connectivity index (χ2n) is 3.24. The Morgan fingerprint density at radius 3 is 2.47 bits per heavy atom. The Morgan fingerprint density at radius 2 is 1.87 bits per heavy atom. The summed E-state index contributed by atoms with van der Waals surface area (Å²) in [5, 5.41) is 9.11. The Balaban J connectivity index is 2.17. The maximum Gasteiger partial charge on any atom is 0.0967 e. The quantitative estimate of drug-likeness (QED) is 0.731. The van der Waals surface area contributed by atoms with Crippen LogP contribution in [-0.4, -0.2) is 11.5 Å². The van der Waals surface area contributed by atoms with Gasteiger partial charge in [0.15, 0.2) is 0 Å². The fraction of sp³-hybridized carbons (Fsp3) is 0.250. The molecule has 1 saturated heterocycles. The zero-order valence-corrected chi connectivity index (χ0v) is 9.90. The first-order valence-corrected chi connectivity index (χ1v) is 6.80. The van der Waals surface area contributed by atoms with Crippen molar-refractivity contribution in [2.24, 2.45) is 0 Å². The van der Waals surface area contributed by atoms with Crippen LogP contribution >= 0.6 is 23.5 Å². The average molecular weight is 233 g/mol. The van der Waals surface area contributed by atoms with Gasteiger partial charge in [-0.3, -0.25) is 0 Å². The summed E-state index contributed by atoms with van der Waals surface area (Å²) in [5.41, 5.74) is 2.14. The Bertz CT molecular complexity index is 395. The van der Waals surface area contributed by atoms with Crippen LogP contribution in [0.25, 0.3) is 0 Å². The molecule has 3 heteroatoms. The monoisotopic (exact) mass is 233 g/mol. The Labute approximate surface area is 98.6 Å². The molecular formula is C12H11NS2. The van der Waals surface area contributed by atoms with Crippen LogP contribution in [0.2, 0.25) is 0 Å². The lowest BCUT2D eigenvalue weighted by Gasteiger charge is -2.02. The van der Waals surface area contributed by atoms with E-state index in [0.717, 1.165) is 23.5 Å². The minimum Gasteiger partial charge on any atom is -0.193 e. The zero-order valence-electron chi connectivity index (χ0n) is 8.27. The van der Waals surface area contributed by atoms with Crippen LogP contribution in [0.1, 0.15) is 5.56 Å². The summed E-state index contributed by atoms with van der Waals surface area (Å²) in [6, 6.07) is 12.5. The van der Waals surface area contributed by atoms with Crippen LogP contribution in [-0.2, 0) is 6.42 Å². The van der Waals surface area contributed by atoms with Crippen molar-refractivity contribution in [1.29, 1.82) is 5.26 Å². The largest absolute Gasteiger partial charge is 0.193 e. The highest BCUT2D eigenvalue weighted by Crippen LogP contribution is 2.39. The van der Waals surface area contributed by atoms with E-state index in [9.17, 15) is 0 Å². The molecule has 0 N–H and O–H groups in total. The van der Waals surface area contributed by atoms with Crippen molar-refractivity contribution in [2.75, 3.05) is 11.5 Å². The van der Waals surface area contributed by atoms with Crippen LogP contribution < -0.4 is 0 Å². The number of thioether (sulfide) groups is 2. The zero-order chi connectivity index (χ0) is 10.5. The van der Waals surface area contributed by atoms with Crippen LogP contribution in [0, 0.1) is 11.3 Å². The molecule has 0 unspecified atom stereocenters. The Kier molecular flexibility index (Phi) is 3.76. The van der Waals surface area contributed by atoms with Gasteiger partial charge in [0.2, 0.25) is 0 Å². The molecule has 0 bridgehead atoms. The first kappa shape index (κ1) is 10.7.